The highest BCUT2D eigenvalue weighted by Crippen LogP contribution is 2.21. The Morgan fingerprint density at radius 3 is 1.89 bits per heavy atom. The van der Waals surface area contributed by atoms with E-state index in [9.17, 15) is 4.79 Å². The number of benzene rings is 1. The summed E-state index contributed by atoms with van der Waals surface area (Å²) in [5, 5.41) is 0. The Morgan fingerprint density at radius 2 is 1.39 bits per heavy atom. The van der Waals surface area contributed by atoms with E-state index >= 15 is 0 Å². The first-order chi connectivity index (χ1) is 8.75. The number of nitrogens with one attached hydrogen (secondary N) is 3. The van der Waals surface area contributed by atoms with E-state index in [1.54, 1.807) is 14.7 Å². The van der Waals surface area contributed by atoms with Gasteiger partial charge in [-0.2, -0.15) is 0 Å². The van der Waals surface area contributed by atoms with Crippen LogP contribution in [0.15, 0.2) is 30.3 Å². The van der Waals surface area contributed by atoms with Crippen molar-refractivity contribution in [1.29, 1.82) is 0 Å². The Kier molecular flexibility index (Phi) is 2.15. The number of Topliss-reactive ketones (excluding diaryl/α,β-unsaturated/α-hetero) is 1. The molecule has 4 bridgehead atoms. The van der Waals surface area contributed by atoms with Gasteiger partial charge in [0.05, 0.1) is 0 Å². The first-order valence-electron chi connectivity index (χ1n) is 6.86. The number of carbonyl (C=O) groups is 1. The standard InChI is InChI=1S/C14H17N3O/c18-13(12-4-2-1-3-5-12)14-6-15-9-16(7-14)11-17(8-14)10-15/h1-5H,6-11H2/p+3. The van der Waals surface area contributed by atoms with Gasteiger partial charge in [-0.3, -0.25) is 4.79 Å². The summed E-state index contributed by atoms with van der Waals surface area (Å²) >= 11 is 0. The molecule has 94 valence electrons. The van der Waals surface area contributed by atoms with E-state index in [1.807, 2.05) is 30.3 Å². The second-order valence-corrected chi connectivity index (χ2v) is 6.29. The van der Waals surface area contributed by atoms with E-state index < -0.39 is 0 Å². The maximum absolute atomic E-state index is 12.9. The van der Waals surface area contributed by atoms with Crippen LogP contribution in [0.2, 0.25) is 0 Å². The fourth-order valence-corrected chi connectivity index (χ4v) is 4.38. The smallest absolute Gasteiger partial charge is 0.213 e. The van der Waals surface area contributed by atoms with E-state index in [0.717, 1.165) is 25.2 Å². The predicted octanol–water partition coefficient (Wildman–Crippen LogP) is -3.58. The van der Waals surface area contributed by atoms with Crippen LogP contribution >= 0.6 is 0 Å². The van der Waals surface area contributed by atoms with Gasteiger partial charge in [-0.1, -0.05) is 30.3 Å². The molecule has 4 heteroatoms. The van der Waals surface area contributed by atoms with E-state index in [1.165, 1.54) is 20.0 Å². The quantitative estimate of drug-likeness (QED) is 0.463. The second-order valence-electron chi connectivity index (χ2n) is 6.29. The summed E-state index contributed by atoms with van der Waals surface area (Å²) in [7, 11) is 0. The molecule has 4 saturated heterocycles. The van der Waals surface area contributed by atoms with Crippen molar-refractivity contribution in [2.75, 3.05) is 39.6 Å². The number of carbonyl (C=O) groups excluding carboxylic acids is 1. The van der Waals surface area contributed by atoms with Crippen LogP contribution in [0.4, 0.5) is 0 Å². The SMILES string of the molecule is O=C(c1ccccc1)C12C[NH+]3C[NH+](C[NH+](C3)C1)C2. The van der Waals surface area contributed by atoms with Crippen molar-refractivity contribution in [3.63, 3.8) is 0 Å². The van der Waals surface area contributed by atoms with Gasteiger partial charge in [-0.05, 0) is 0 Å². The molecule has 0 saturated carbocycles. The Hall–Kier alpha value is -1.23. The molecule has 0 radical (unpaired) electrons. The minimum absolute atomic E-state index is 0.0872. The highest BCUT2D eigenvalue weighted by molar-refractivity contribution is 6.00. The van der Waals surface area contributed by atoms with Crippen LogP contribution in [0, 0.1) is 5.41 Å². The third-order valence-corrected chi connectivity index (χ3v) is 4.78. The largest absolute Gasteiger partial charge is 0.293 e. The number of hydrogen-bond donors (Lipinski definition) is 3. The van der Waals surface area contributed by atoms with Crippen LogP contribution in [-0.4, -0.2) is 45.4 Å². The molecule has 0 aromatic heterocycles. The zero-order valence-corrected chi connectivity index (χ0v) is 10.5. The summed E-state index contributed by atoms with van der Waals surface area (Å²) < 4.78 is 0. The lowest BCUT2D eigenvalue weighted by Gasteiger charge is -2.51. The van der Waals surface area contributed by atoms with Gasteiger partial charge in [0.2, 0.25) is 20.0 Å². The van der Waals surface area contributed by atoms with Crippen LogP contribution in [0.1, 0.15) is 10.4 Å². The van der Waals surface area contributed by atoms with Gasteiger partial charge in [0.15, 0.2) is 11.2 Å². The van der Waals surface area contributed by atoms with Crippen molar-refractivity contribution in [3.05, 3.63) is 35.9 Å². The summed E-state index contributed by atoms with van der Waals surface area (Å²) in [4.78, 5) is 17.7. The molecule has 5 rings (SSSR count). The van der Waals surface area contributed by atoms with Gasteiger partial charge < -0.3 is 0 Å². The average molecular weight is 246 g/mol. The molecule has 4 aliphatic rings. The average Bonchev–Trinajstić information content (AvgIpc) is 2.37. The van der Waals surface area contributed by atoms with E-state index in [2.05, 4.69) is 0 Å². The third kappa shape index (κ3) is 1.46. The monoisotopic (exact) mass is 246 g/mol. The van der Waals surface area contributed by atoms with Crippen molar-refractivity contribution >= 4 is 5.78 Å². The molecule has 0 unspecified atom stereocenters. The molecule has 4 heterocycles. The molecule has 0 aliphatic carbocycles. The summed E-state index contributed by atoms with van der Waals surface area (Å²) in [5.41, 5.74) is 0.817. The Labute approximate surface area is 107 Å². The normalized spacial score (nSPS) is 41.0. The lowest BCUT2D eigenvalue weighted by atomic mass is 9.75. The van der Waals surface area contributed by atoms with Crippen LogP contribution < -0.4 is 14.7 Å². The number of rotatable bonds is 2. The van der Waals surface area contributed by atoms with E-state index in [-0.39, 0.29) is 5.41 Å². The molecule has 1 aromatic rings. The van der Waals surface area contributed by atoms with E-state index in [0.29, 0.717) is 5.78 Å². The van der Waals surface area contributed by atoms with Crippen molar-refractivity contribution in [2.45, 2.75) is 0 Å². The molecule has 1 aromatic carbocycles. The molecule has 4 fully saturated rings. The van der Waals surface area contributed by atoms with Crippen LogP contribution in [0.3, 0.4) is 0 Å². The summed E-state index contributed by atoms with van der Waals surface area (Å²) in [6.07, 6.45) is 0. The minimum atomic E-state index is -0.0872. The van der Waals surface area contributed by atoms with E-state index in [4.69, 9.17) is 0 Å². The Bertz CT molecular complexity index is 450. The van der Waals surface area contributed by atoms with Gasteiger partial charge in [0.25, 0.3) is 0 Å². The van der Waals surface area contributed by atoms with Crippen molar-refractivity contribution < 1.29 is 19.5 Å². The predicted molar refractivity (Wildman–Crippen MR) is 65.3 cm³/mol. The fourth-order valence-electron chi connectivity index (χ4n) is 4.38. The third-order valence-electron chi connectivity index (χ3n) is 4.78. The Morgan fingerprint density at radius 1 is 0.889 bits per heavy atom. The highest BCUT2D eigenvalue weighted by Gasteiger charge is 2.61. The number of hydrogen-bond acceptors (Lipinski definition) is 1. The molecule has 0 amide bonds. The molecule has 0 atom stereocenters. The van der Waals surface area contributed by atoms with Crippen LogP contribution in [-0.2, 0) is 0 Å². The first-order valence-corrected chi connectivity index (χ1v) is 6.86. The lowest BCUT2D eigenvalue weighted by molar-refractivity contribution is -1.30. The lowest BCUT2D eigenvalue weighted by Crippen LogP contribution is -3.56. The molecular weight excluding hydrogens is 226 g/mol. The highest BCUT2D eigenvalue weighted by atomic mass is 16.1. The van der Waals surface area contributed by atoms with Crippen molar-refractivity contribution in [2.24, 2.45) is 5.41 Å². The minimum Gasteiger partial charge on any atom is -0.293 e. The fraction of sp³-hybridized carbons (Fsp3) is 0.500. The van der Waals surface area contributed by atoms with Crippen LogP contribution in [0.5, 0.6) is 0 Å². The maximum atomic E-state index is 12.9. The Balaban J connectivity index is 1.70. The van der Waals surface area contributed by atoms with Crippen molar-refractivity contribution in [3.8, 4) is 0 Å². The van der Waals surface area contributed by atoms with Gasteiger partial charge in [-0.25, -0.2) is 14.7 Å². The topological polar surface area (TPSA) is 30.4 Å². The van der Waals surface area contributed by atoms with Gasteiger partial charge in [0, 0.05) is 5.56 Å². The van der Waals surface area contributed by atoms with Gasteiger partial charge in [-0.15, -0.1) is 0 Å². The summed E-state index contributed by atoms with van der Waals surface area (Å²) in [5.74, 6) is 0.384. The van der Waals surface area contributed by atoms with Gasteiger partial charge in [0.1, 0.15) is 19.6 Å². The van der Waals surface area contributed by atoms with Gasteiger partial charge >= 0.3 is 0 Å². The summed E-state index contributed by atoms with van der Waals surface area (Å²) in [6.45, 7) is 6.79. The van der Waals surface area contributed by atoms with Crippen LogP contribution in [0.25, 0.3) is 0 Å². The van der Waals surface area contributed by atoms with Crippen molar-refractivity contribution in [1.82, 2.24) is 0 Å². The number of ketones is 1. The molecule has 4 aliphatic heterocycles. The molecule has 3 N–H and O–H groups in total. The molecular formula is C14H20N3O+3. The molecule has 4 nitrogen and oxygen atoms in total. The molecule has 18 heavy (non-hydrogen) atoms. The second kappa shape index (κ2) is 3.63. The molecule has 0 spiro atoms. The number of quaternary nitrogens is 3. The summed E-state index contributed by atoms with van der Waals surface area (Å²) in [6, 6.07) is 9.87. The first kappa shape index (κ1) is 10.7. The zero-order chi connectivity index (χ0) is 12.2. The maximum Gasteiger partial charge on any atom is 0.213 e. The zero-order valence-electron chi connectivity index (χ0n) is 10.5.